The number of carbonyl (C=O) groups excluding carboxylic acids is 1. The highest BCUT2D eigenvalue weighted by atomic mass is 16.4. The number of urea groups is 1. The molecule has 0 saturated carbocycles. The first-order valence-corrected chi connectivity index (χ1v) is 9.81. The summed E-state index contributed by atoms with van der Waals surface area (Å²) in [7, 11) is 0. The predicted octanol–water partition coefficient (Wildman–Crippen LogP) is 3.71. The van der Waals surface area contributed by atoms with Crippen molar-refractivity contribution in [3.05, 3.63) is 41.7 Å². The fraction of sp³-hybridized carbons (Fsp3) is 0.476. The number of benzene rings is 1. The Bertz CT molecular complexity index is 861. The second-order valence-corrected chi connectivity index (χ2v) is 7.72. The summed E-state index contributed by atoms with van der Waals surface area (Å²) in [6.45, 7) is 6.90. The number of aromatic nitrogens is 2. The van der Waals surface area contributed by atoms with E-state index >= 15 is 0 Å². The summed E-state index contributed by atoms with van der Waals surface area (Å²) in [4.78, 5) is 25.8. The lowest BCUT2D eigenvalue weighted by molar-refractivity contribution is -0.143. The van der Waals surface area contributed by atoms with E-state index in [-0.39, 0.29) is 18.5 Å². The van der Waals surface area contributed by atoms with Gasteiger partial charge in [0, 0.05) is 13.1 Å². The van der Waals surface area contributed by atoms with Crippen molar-refractivity contribution in [2.45, 2.75) is 40.0 Å². The third-order valence-electron chi connectivity index (χ3n) is 5.14. The molecule has 0 spiro atoms. The molecule has 2 atom stereocenters. The van der Waals surface area contributed by atoms with Gasteiger partial charge in [-0.1, -0.05) is 32.4 Å². The smallest absolute Gasteiger partial charge is 0.321 e. The van der Waals surface area contributed by atoms with Gasteiger partial charge in [-0.3, -0.25) is 4.79 Å². The third kappa shape index (κ3) is 4.35. The van der Waals surface area contributed by atoms with E-state index < -0.39 is 11.9 Å². The van der Waals surface area contributed by atoms with Gasteiger partial charge in [0.15, 0.2) is 0 Å². The summed E-state index contributed by atoms with van der Waals surface area (Å²) in [5.41, 5.74) is 3.73. The average molecular weight is 384 g/mol. The molecule has 0 radical (unpaired) electrons. The Morgan fingerprint density at radius 2 is 2.11 bits per heavy atom. The van der Waals surface area contributed by atoms with Crippen LogP contribution in [0.5, 0.6) is 0 Å². The quantitative estimate of drug-likeness (QED) is 0.823. The number of nitrogens with one attached hydrogen (secondary N) is 1. The van der Waals surface area contributed by atoms with E-state index in [0.717, 1.165) is 29.8 Å². The first-order chi connectivity index (χ1) is 13.4. The van der Waals surface area contributed by atoms with Crippen LogP contribution < -0.4 is 5.32 Å². The van der Waals surface area contributed by atoms with E-state index in [1.807, 2.05) is 36.7 Å². The summed E-state index contributed by atoms with van der Waals surface area (Å²) in [6.07, 6.45) is 3.97. The van der Waals surface area contributed by atoms with E-state index in [2.05, 4.69) is 23.4 Å². The molecule has 7 heteroatoms. The van der Waals surface area contributed by atoms with Gasteiger partial charge in [-0.25, -0.2) is 9.48 Å². The Kier molecular flexibility index (Phi) is 6.02. The van der Waals surface area contributed by atoms with Gasteiger partial charge in [-0.15, -0.1) is 0 Å². The van der Waals surface area contributed by atoms with Crippen LogP contribution in [0.25, 0.3) is 5.69 Å². The van der Waals surface area contributed by atoms with Gasteiger partial charge in [0.1, 0.15) is 0 Å². The maximum Gasteiger partial charge on any atom is 0.321 e. The maximum atomic E-state index is 12.8. The molecule has 1 saturated heterocycles. The number of carbonyl (C=O) groups is 2. The lowest BCUT2D eigenvalue weighted by atomic mass is 9.91. The molecular weight excluding hydrogens is 356 g/mol. The highest BCUT2D eigenvalue weighted by Crippen LogP contribution is 2.25. The number of rotatable bonds is 5. The Morgan fingerprint density at radius 3 is 2.79 bits per heavy atom. The number of aryl methyl sites for hydroxylation is 1. The third-order valence-corrected chi connectivity index (χ3v) is 5.14. The topological polar surface area (TPSA) is 87.5 Å². The molecule has 2 aromatic rings. The van der Waals surface area contributed by atoms with Gasteiger partial charge in [-0.05, 0) is 43.4 Å². The van der Waals surface area contributed by atoms with Crippen LogP contribution in [0.15, 0.2) is 30.5 Å². The Morgan fingerprint density at radius 1 is 1.32 bits per heavy atom. The molecule has 0 aliphatic carbocycles. The molecule has 1 aliphatic heterocycles. The lowest BCUT2D eigenvalue weighted by Gasteiger charge is -2.34. The van der Waals surface area contributed by atoms with Crippen LogP contribution in [0, 0.1) is 18.8 Å². The summed E-state index contributed by atoms with van der Waals surface area (Å²) in [5.74, 6) is -1.20. The zero-order valence-electron chi connectivity index (χ0n) is 16.7. The predicted molar refractivity (Wildman–Crippen MR) is 108 cm³/mol. The van der Waals surface area contributed by atoms with Crippen molar-refractivity contribution in [2.24, 2.45) is 11.8 Å². The number of likely N-dealkylation sites (tertiary alicyclic amines) is 1. The normalized spacial score (nSPS) is 19.5. The monoisotopic (exact) mass is 384 g/mol. The molecule has 3 rings (SSSR count). The molecule has 7 nitrogen and oxygen atoms in total. The number of hydrogen-bond acceptors (Lipinski definition) is 3. The maximum absolute atomic E-state index is 12.8. The highest BCUT2D eigenvalue weighted by Gasteiger charge is 2.32. The second-order valence-electron chi connectivity index (χ2n) is 7.72. The second kappa shape index (κ2) is 8.46. The van der Waals surface area contributed by atoms with Crippen LogP contribution in [0.4, 0.5) is 10.5 Å². The fourth-order valence-corrected chi connectivity index (χ4v) is 3.83. The van der Waals surface area contributed by atoms with Crippen molar-refractivity contribution in [3.63, 3.8) is 0 Å². The van der Waals surface area contributed by atoms with Gasteiger partial charge in [0.2, 0.25) is 0 Å². The molecule has 2 unspecified atom stereocenters. The van der Waals surface area contributed by atoms with Gasteiger partial charge >= 0.3 is 12.0 Å². The number of piperidine rings is 1. The standard InChI is InChI=1S/C21H28N4O3/c1-4-6-19-18(11-22-25(19)17-8-5-7-14(2)10-17)23-21(28)24-12-15(3)9-16(13-24)20(26)27/h5,7-8,10-11,15-16H,4,6,9,12-13H2,1-3H3,(H,23,28)(H,26,27). The summed E-state index contributed by atoms with van der Waals surface area (Å²) >= 11 is 0. The van der Waals surface area contributed by atoms with E-state index in [9.17, 15) is 14.7 Å². The molecular formula is C21H28N4O3. The summed E-state index contributed by atoms with van der Waals surface area (Å²) in [6, 6.07) is 7.81. The van der Waals surface area contributed by atoms with Crippen LogP contribution in [0.2, 0.25) is 0 Å². The summed E-state index contributed by atoms with van der Waals surface area (Å²) in [5, 5.41) is 16.8. The van der Waals surface area contributed by atoms with E-state index in [0.29, 0.717) is 18.7 Å². The highest BCUT2D eigenvalue weighted by molar-refractivity contribution is 5.90. The molecule has 1 fully saturated rings. The average Bonchev–Trinajstić information content (AvgIpc) is 3.04. The summed E-state index contributed by atoms with van der Waals surface area (Å²) < 4.78 is 1.87. The van der Waals surface area contributed by atoms with Crippen LogP contribution >= 0.6 is 0 Å². The largest absolute Gasteiger partial charge is 0.481 e. The van der Waals surface area contributed by atoms with Gasteiger partial charge < -0.3 is 15.3 Å². The molecule has 1 aromatic carbocycles. The minimum atomic E-state index is -0.844. The van der Waals surface area contributed by atoms with Crippen molar-refractivity contribution >= 4 is 17.7 Å². The van der Waals surface area contributed by atoms with Crippen LogP contribution in [0.3, 0.4) is 0 Å². The first-order valence-electron chi connectivity index (χ1n) is 9.81. The fourth-order valence-electron chi connectivity index (χ4n) is 3.83. The molecule has 28 heavy (non-hydrogen) atoms. The number of nitrogens with zero attached hydrogens (tertiary/aromatic N) is 3. The Balaban J connectivity index is 1.82. The molecule has 1 aromatic heterocycles. The van der Waals surface area contributed by atoms with Crippen LogP contribution in [0.1, 0.15) is 37.9 Å². The van der Waals surface area contributed by atoms with Crippen LogP contribution in [-0.4, -0.2) is 44.9 Å². The number of carboxylic acid groups (broad SMARTS) is 1. The number of aliphatic carboxylic acids is 1. The van der Waals surface area contributed by atoms with E-state index in [1.54, 1.807) is 11.1 Å². The lowest BCUT2D eigenvalue weighted by Crippen LogP contribution is -2.47. The number of anilines is 1. The molecule has 150 valence electrons. The van der Waals surface area contributed by atoms with Crippen molar-refractivity contribution < 1.29 is 14.7 Å². The van der Waals surface area contributed by atoms with E-state index in [4.69, 9.17) is 0 Å². The number of carboxylic acids is 1. The van der Waals surface area contributed by atoms with Gasteiger partial charge in [0.25, 0.3) is 0 Å². The van der Waals surface area contributed by atoms with Crippen molar-refractivity contribution in [3.8, 4) is 5.69 Å². The zero-order chi connectivity index (χ0) is 20.3. The van der Waals surface area contributed by atoms with Gasteiger partial charge in [-0.2, -0.15) is 5.10 Å². The molecule has 0 bridgehead atoms. The minimum Gasteiger partial charge on any atom is -0.481 e. The van der Waals surface area contributed by atoms with Gasteiger partial charge in [0.05, 0.1) is 29.2 Å². The molecule has 2 amide bonds. The van der Waals surface area contributed by atoms with E-state index in [1.165, 1.54) is 0 Å². The Labute approximate surface area is 165 Å². The Hall–Kier alpha value is -2.83. The zero-order valence-corrected chi connectivity index (χ0v) is 16.7. The first kappa shape index (κ1) is 19.9. The number of hydrogen-bond donors (Lipinski definition) is 2. The molecule has 1 aliphatic rings. The number of amides is 2. The van der Waals surface area contributed by atoms with Crippen molar-refractivity contribution in [1.29, 1.82) is 0 Å². The molecule has 2 N–H and O–H groups in total. The molecule has 2 heterocycles. The SMILES string of the molecule is CCCc1c(NC(=O)N2CC(C)CC(C(=O)O)C2)cnn1-c1cccc(C)c1. The van der Waals surface area contributed by atoms with Crippen molar-refractivity contribution in [2.75, 3.05) is 18.4 Å². The van der Waals surface area contributed by atoms with Crippen LogP contribution in [-0.2, 0) is 11.2 Å². The minimum absolute atomic E-state index is 0.158. The van der Waals surface area contributed by atoms with Crippen molar-refractivity contribution in [1.82, 2.24) is 14.7 Å².